The summed E-state index contributed by atoms with van der Waals surface area (Å²) < 4.78 is 30.1. The van der Waals surface area contributed by atoms with Crippen LogP contribution in [0, 0.1) is 5.82 Å². The van der Waals surface area contributed by atoms with Gasteiger partial charge in [0.05, 0.1) is 43.2 Å². The van der Waals surface area contributed by atoms with Crippen molar-refractivity contribution in [2.24, 2.45) is 0 Å². The molecular formula is C32H26ClFN4O5. The Morgan fingerprint density at radius 1 is 1.02 bits per heavy atom. The highest BCUT2D eigenvalue weighted by Gasteiger charge is 2.14. The second-order valence-electron chi connectivity index (χ2n) is 9.38. The topological polar surface area (TPSA) is 116 Å². The summed E-state index contributed by atoms with van der Waals surface area (Å²) in [6.45, 7) is 0.283. The normalized spacial score (nSPS) is 10.7. The second kappa shape index (κ2) is 13.6. The molecule has 0 saturated carbocycles. The molecule has 1 amide bonds. The van der Waals surface area contributed by atoms with Gasteiger partial charge in [0, 0.05) is 22.3 Å². The number of carbonyl (C=O) groups excluding carboxylic acids is 2. The third-order valence-electron chi connectivity index (χ3n) is 6.43. The number of esters is 1. The molecule has 2 heterocycles. The molecular weight excluding hydrogens is 575 g/mol. The fourth-order valence-electron chi connectivity index (χ4n) is 4.25. The molecule has 0 unspecified atom stereocenters. The lowest BCUT2D eigenvalue weighted by Gasteiger charge is -2.14. The number of oxazole rings is 1. The highest BCUT2D eigenvalue weighted by Crippen LogP contribution is 2.30. The Labute approximate surface area is 251 Å². The number of hydrogen-bond donors (Lipinski definition) is 2. The number of anilines is 2. The van der Waals surface area contributed by atoms with E-state index in [4.69, 9.17) is 25.5 Å². The van der Waals surface area contributed by atoms with E-state index in [1.807, 2.05) is 30.3 Å². The lowest BCUT2D eigenvalue weighted by atomic mass is 10.0. The van der Waals surface area contributed by atoms with Crippen molar-refractivity contribution in [3.8, 4) is 17.0 Å². The van der Waals surface area contributed by atoms with Gasteiger partial charge < -0.3 is 24.5 Å². The van der Waals surface area contributed by atoms with Crippen molar-refractivity contribution in [3.05, 3.63) is 125 Å². The summed E-state index contributed by atoms with van der Waals surface area (Å²) in [7, 11) is 1.30. The monoisotopic (exact) mass is 600 g/mol. The number of nitrogens with zero attached hydrogens (tertiary/aromatic N) is 2. The van der Waals surface area contributed by atoms with Crippen LogP contribution in [0.15, 0.2) is 96.0 Å². The van der Waals surface area contributed by atoms with Crippen LogP contribution in [0.25, 0.3) is 11.1 Å². The molecule has 5 rings (SSSR count). The minimum absolute atomic E-state index is 0.0128. The largest absolute Gasteiger partial charge is 0.472 e. The summed E-state index contributed by atoms with van der Waals surface area (Å²) in [5, 5.41) is 6.37. The quantitative estimate of drug-likeness (QED) is 0.161. The van der Waals surface area contributed by atoms with Crippen molar-refractivity contribution in [1.29, 1.82) is 0 Å². The van der Waals surface area contributed by atoms with Gasteiger partial charge in [-0.15, -0.1) is 0 Å². The van der Waals surface area contributed by atoms with Crippen LogP contribution in [-0.2, 0) is 29.1 Å². The van der Waals surface area contributed by atoms with Crippen molar-refractivity contribution in [2.75, 3.05) is 17.7 Å². The molecule has 43 heavy (non-hydrogen) atoms. The van der Waals surface area contributed by atoms with E-state index in [2.05, 4.69) is 20.6 Å². The third kappa shape index (κ3) is 7.55. The Morgan fingerprint density at radius 3 is 2.60 bits per heavy atom. The number of aromatic nitrogens is 2. The summed E-state index contributed by atoms with van der Waals surface area (Å²) in [6, 6.07) is 20.3. The molecule has 3 aromatic carbocycles. The van der Waals surface area contributed by atoms with Gasteiger partial charge in [-0.2, -0.15) is 0 Å². The fourth-order valence-corrected chi connectivity index (χ4v) is 4.41. The minimum atomic E-state index is -0.500. The van der Waals surface area contributed by atoms with Gasteiger partial charge in [-0.3, -0.25) is 4.79 Å². The van der Waals surface area contributed by atoms with Crippen LogP contribution >= 0.6 is 11.6 Å². The molecule has 0 radical (unpaired) electrons. The number of carbonyl (C=O) groups is 2. The van der Waals surface area contributed by atoms with E-state index in [-0.39, 0.29) is 18.9 Å². The molecule has 0 aliphatic carbocycles. The number of nitrogens with one attached hydrogen (secondary N) is 2. The minimum Gasteiger partial charge on any atom is -0.472 e. The SMILES string of the molecule is COC(=O)c1ccc(NC(=O)Cc2ccc(-c3cccnc3OCc3ccc(Cl)cc3F)cc2)c(NCc2cnco2)c1. The van der Waals surface area contributed by atoms with Crippen LogP contribution in [0.2, 0.25) is 5.02 Å². The first-order valence-corrected chi connectivity index (χ1v) is 13.5. The average Bonchev–Trinajstić information content (AvgIpc) is 3.54. The maximum absolute atomic E-state index is 14.2. The van der Waals surface area contributed by atoms with Crippen LogP contribution in [0.5, 0.6) is 5.88 Å². The third-order valence-corrected chi connectivity index (χ3v) is 6.67. The van der Waals surface area contributed by atoms with E-state index < -0.39 is 11.8 Å². The number of amides is 1. The van der Waals surface area contributed by atoms with E-state index in [1.165, 1.54) is 19.6 Å². The van der Waals surface area contributed by atoms with Gasteiger partial charge in [0.1, 0.15) is 18.2 Å². The lowest BCUT2D eigenvalue weighted by molar-refractivity contribution is -0.115. The number of methoxy groups -OCH3 is 1. The predicted octanol–water partition coefficient (Wildman–Crippen LogP) is 6.69. The number of rotatable bonds is 11. The van der Waals surface area contributed by atoms with Crippen molar-refractivity contribution in [3.63, 3.8) is 0 Å². The van der Waals surface area contributed by atoms with Crippen molar-refractivity contribution < 1.29 is 27.9 Å². The van der Waals surface area contributed by atoms with Gasteiger partial charge in [-0.05, 0) is 53.6 Å². The zero-order valence-corrected chi connectivity index (χ0v) is 23.7. The molecule has 0 bridgehead atoms. The molecule has 2 N–H and O–H groups in total. The smallest absolute Gasteiger partial charge is 0.337 e. The molecule has 11 heteroatoms. The first kappa shape index (κ1) is 29.3. The van der Waals surface area contributed by atoms with E-state index in [1.54, 1.807) is 48.8 Å². The van der Waals surface area contributed by atoms with Gasteiger partial charge in [-0.25, -0.2) is 19.2 Å². The molecule has 2 aromatic heterocycles. The number of hydrogen-bond acceptors (Lipinski definition) is 8. The maximum atomic E-state index is 14.2. The summed E-state index contributed by atoms with van der Waals surface area (Å²) in [5.41, 5.74) is 4.01. The highest BCUT2D eigenvalue weighted by molar-refractivity contribution is 6.30. The molecule has 0 saturated heterocycles. The van der Waals surface area contributed by atoms with Gasteiger partial charge in [0.15, 0.2) is 6.39 Å². The summed E-state index contributed by atoms with van der Waals surface area (Å²) in [5.74, 6) is -0.273. The van der Waals surface area contributed by atoms with Crippen LogP contribution in [-0.4, -0.2) is 29.0 Å². The van der Waals surface area contributed by atoms with Gasteiger partial charge in [0.2, 0.25) is 11.8 Å². The van der Waals surface area contributed by atoms with Crippen molar-refractivity contribution in [1.82, 2.24) is 9.97 Å². The zero-order valence-electron chi connectivity index (χ0n) is 23.0. The van der Waals surface area contributed by atoms with Crippen LogP contribution in [0.1, 0.15) is 27.2 Å². The Hall–Kier alpha value is -5.22. The van der Waals surface area contributed by atoms with E-state index in [0.717, 1.165) is 16.7 Å². The van der Waals surface area contributed by atoms with E-state index >= 15 is 0 Å². The van der Waals surface area contributed by atoms with Crippen molar-refractivity contribution in [2.45, 2.75) is 19.6 Å². The van der Waals surface area contributed by atoms with Crippen molar-refractivity contribution >= 4 is 34.9 Å². The number of pyridine rings is 1. The standard InChI is InChI=1S/C32H26ClFN4O5/c1-41-32(40)22-9-11-28(29(14-22)37-17-25-16-35-19-43-25)38-30(39)13-20-4-6-21(7-5-20)26-3-2-12-36-31(26)42-18-23-8-10-24(33)15-27(23)34/h2-12,14-16,19,37H,13,17-18H2,1H3,(H,38,39). The number of halogens is 2. The van der Waals surface area contributed by atoms with E-state index in [0.29, 0.717) is 45.7 Å². The fraction of sp³-hybridized carbons (Fsp3) is 0.125. The first-order valence-electron chi connectivity index (χ1n) is 13.1. The molecule has 0 spiro atoms. The summed E-state index contributed by atoms with van der Waals surface area (Å²) >= 11 is 5.84. The molecule has 5 aromatic rings. The Bertz CT molecular complexity index is 1730. The van der Waals surface area contributed by atoms with Crippen LogP contribution < -0.4 is 15.4 Å². The van der Waals surface area contributed by atoms with Gasteiger partial charge >= 0.3 is 5.97 Å². The Balaban J connectivity index is 1.26. The lowest BCUT2D eigenvalue weighted by Crippen LogP contribution is -2.16. The van der Waals surface area contributed by atoms with E-state index in [9.17, 15) is 14.0 Å². The zero-order chi connectivity index (χ0) is 30.2. The molecule has 218 valence electrons. The molecule has 0 atom stereocenters. The summed E-state index contributed by atoms with van der Waals surface area (Å²) in [6.07, 6.45) is 4.59. The summed E-state index contributed by atoms with van der Waals surface area (Å²) in [4.78, 5) is 33.3. The molecule has 0 aliphatic heterocycles. The highest BCUT2D eigenvalue weighted by atomic mass is 35.5. The number of benzene rings is 3. The predicted molar refractivity (Wildman–Crippen MR) is 159 cm³/mol. The Kier molecular flexibility index (Phi) is 9.28. The first-order chi connectivity index (χ1) is 20.9. The maximum Gasteiger partial charge on any atom is 0.337 e. The van der Waals surface area contributed by atoms with Gasteiger partial charge in [-0.1, -0.05) is 41.9 Å². The van der Waals surface area contributed by atoms with Crippen LogP contribution in [0.4, 0.5) is 15.8 Å². The van der Waals surface area contributed by atoms with Gasteiger partial charge in [0.25, 0.3) is 0 Å². The second-order valence-corrected chi connectivity index (χ2v) is 9.81. The average molecular weight is 601 g/mol. The number of ether oxygens (including phenoxy) is 2. The Morgan fingerprint density at radius 2 is 1.86 bits per heavy atom. The molecule has 0 fully saturated rings. The van der Waals surface area contributed by atoms with Crippen LogP contribution in [0.3, 0.4) is 0 Å². The molecule has 0 aliphatic rings. The molecule has 9 nitrogen and oxygen atoms in total.